The molecule has 0 radical (unpaired) electrons. The zero-order chi connectivity index (χ0) is 48.1. The third-order valence-corrected chi connectivity index (χ3v) is 14.3. The van der Waals surface area contributed by atoms with E-state index < -0.39 is 61.5 Å². The van der Waals surface area contributed by atoms with Gasteiger partial charge in [-0.05, 0) is 12.8 Å². The molecule has 1 amide bonds. The van der Waals surface area contributed by atoms with E-state index in [1.54, 1.807) is 0 Å². The summed E-state index contributed by atoms with van der Waals surface area (Å²) in [4.78, 5) is 13.1. The number of ether oxygens (including phenoxy) is 2. The lowest BCUT2D eigenvalue weighted by molar-refractivity contribution is -0.302. The lowest BCUT2D eigenvalue weighted by Gasteiger charge is -2.40. The topological polar surface area (TPSA) is 169 Å². The van der Waals surface area contributed by atoms with Gasteiger partial charge in [0.05, 0.1) is 25.4 Å². The molecule has 1 fully saturated rings. The van der Waals surface area contributed by atoms with Gasteiger partial charge in [0.1, 0.15) is 30.5 Å². The summed E-state index contributed by atoms with van der Waals surface area (Å²) >= 11 is 0. The number of carbonyl (C=O) groups is 1. The number of amides is 1. The molecule has 1 rings (SSSR count). The zero-order valence-corrected chi connectivity index (χ0v) is 43.3. The van der Waals surface area contributed by atoms with E-state index >= 15 is 0 Å². The number of aliphatic hydroxyl groups excluding tert-OH is 6. The van der Waals surface area contributed by atoms with Gasteiger partial charge in [0.25, 0.3) is 0 Å². The first kappa shape index (κ1) is 63.2. The zero-order valence-electron chi connectivity index (χ0n) is 43.3. The van der Waals surface area contributed by atoms with Crippen LogP contribution in [0.3, 0.4) is 0 Å². The van der Waals surface area contributed by atoms with Gasteiger partial charge in [0.2, 0.25) is 5.91 Å². The van der Waals surface area contributed by atoms with Gasteiger partial charge >= 0.3 is 0 Å². The first-order valence-electron chi connectivity index (χ1n) is 28.8. The number of aliphatic hydroxyl groups is 6. The molecule has 0 aromatic heterocycles. The number of unbranched alkanes of at least 4 members (excludes halogenated alkanes) is 39. The fourth-order valence-corrected chi connectivity index (χ4v) is 9.64. The largest absolute Gasteiger partial charge is 0.394 e. The van der Waals surface area contributed by atoms with Gasteiger partial charge < -0.3 is 45.4 Å². The average molecular weight is 943 g/mol. The van der Waals surface area contributed by atoms with E-state index in [1.165, 1.54) is 225 Å². The fourth-order valence-electron chi connectivity index (χ4n) is 9.64. The Kier molecular flexibility index (Phi) is 44.5. The molecule has 8 atom stereocenters. The van der Waals surface area contributed by atoms with Gasteiger partial charge in [-0.1, -0.05) is 277 Å². The molecule has 0 aromatic carbocycles. The molecule has 66 heavy (non-hydrogen) atoms. The van der Waals surface area contributed by atoms with Crippen molar-refractivity contribution in [1.29, 1.82) is 0 Å². The Morgan fingerprint density at radius 3 is 1.08 bits per heavy atom. The third-order valence-electron chi connectivity index (χ3n) is 14.3. The highest BCUT2D eigenvalue weighted by atomic mass is 16.7. The van der Waals surface area contributed by atoms with Crippen molar-refractivity contribution in [3.05, 3.63) is 0 Å². The van der Waals surface area contributed by atoms with Crippen LogP contribution < -0.4 is 5.32 Å². The highest BCUT2D eigenvalue weighted by Gasteiger charge is 2.44. The van der Waals surface area contributed by atoms with Crippen molar-refractivity contribution < 1.29 is 44.9 Å². The Hall–Kier alpha value is -0.850. The van der Waals surface area contributed by atoms with Crippen LogP contribution in [0, 0.1) is 0 Å². The van der Waals surface area contributed by atoms with Crippen LogP contribution in [0.5, 0.6) is 0 Å². The maximum atomic E-state index is 13.1. The minimum atomic E-state index is -1.59. The van der Waals surface area contributed by atoms with Crippen LogP contribution in [0.15, 0.2) is 0 Å². The standard InChI is InChI=1S/C56H111NO9/c1-3-5-7-9-11-13-15-17-19-21-22-23-24-25-26-27-28-29-31-33-35-37-39-41-43-45-50(60)55(64)57-48(47-65-56-54(63)53(62)52(61)51(46-58)66-56)49(59)44-42-40-38-36-34-32-30-20-18-16-14-12-10-8-6-4-2/h48-54,56,58-63H,3-47H2,1-2H3,(H,57,64). The molecule has 10 nitrogen and oxygen atoms in total. The van der Waals surface area contributed by atoms with Crippen LogP contribution in [0.2, 0.25) is 0 Å². The SMILES string of the molecule is CCCCCCCCCCCCCCCCCCCCCCCCCCCC(O)C(=O)NC(COC1OC(CO)C(O)C(O)C1O)C(O)CCCCCCCCCCCCCCCCCC. The first-order chi connectivity index (χ1) is 32.3. The van der Waals surface area contributed by atoms with E-state index in [0.29, 0.717) is 12.8 Å². The smallest absolute Gasteiger partial charge is 0.249 e. The Morgan fingerprint density at radius 1 is 0.455 bits per heavy atom. The van der Waals surface area contributed by atoms with Crippen LogP contribution in [-0.4, -0.2) is 98.7 Å². The molecule has 0 aromatic rings. The summed E-state index contributed by atoms with van der Waals surface area (Å²) in [5.41, 5.74) is 0. The molecule has 7 N–H and O–H groups in total. The monoisotopic (exact) mass is 942 g/mol. The number of carbonyl (C=O) groups excluding carboxylic acids is 1. The number of nitrogens with one attached hydrogen (secondary N) is 1. The highest BCUT2D eigenvalue weighted by molar-refractivity contribution is 5.80. The van der Waals surface area contributed by atoms with E-state index in [4.69, 9.17) is 9.47 Å². The summed E-state index contributed by atoms with van der Waals surface area (Å²) in [6.07, 6.45) is 44.5. The molecule has 0 spiro atoms. The van der Waals surface area contributed by atoms with Crippen molar-refractivity contribution in [2.45, 2.75) is 339 Å². The molecule has 0 aliphatic carbocycles. The van der Waals surface area contributed by atoms with E-state index in [2.05, 4.69) is 19.2 Å². The van der Waals surface area contributed by atoms with Crippen LogP contribution in [-0.2, 0) is 14.3 Å². The van der Waals surface area contributed by atoms with Crippen molar-refractivity contribution in [3.63, 3.8) is 0 Å². The van der Waals surface area contributed by atoms with Crippen LogP contribution in [0.4, 0.5) is 0 Å². The van der Waals surface area contributed by atoms with Gasteiger partial charge in [-0.3, -0.25) is 4.79 Å². The Bertz CT molecular complexity index is 1020. The third kappa shape index (κ3) is 35.3. The molecule has 8 unspecified atom stereocenters. The van der Waals surface area contributed by atoms with Gasteiger partial charge in [0.15, 0.2) is 6.29 Å². The van der Waals surface area contributed by atoms with E-state index in [1.807, 2.05) is 0 Å². The molecule has 1 heterocycles. The predicted octanol–water partition coefficient (Wildman–Crippen LogP) is 12.8. The Labute approximate surface area is 407 Å². The average Bonchev–Trinajstić information content (AvgIpc) is 3.32. The second kappa shape index (κ2) is 46.5. The van der Waals surface area contributed by atoms with Gasteiger partial charge in [-0.15, -0.1) is 0 Å². The molecule has 0 saturated carbocycles. The maximum Gasteiger partial charge on any atom is 0.249 e. The van der Waals surface area contributed by atoms with Crippen LogP contribution >= 0.6 is 0 Å². The first-order valence-corrected chi connectivity index (χ1v) is 28.8. The number of rotatable bonds is 50. The molecule has 1 saturated heterocycles. The van der Waals surface area contributed by atoms with E-state index in [-0.39, 0.29) is 6.61 Å². The summed E-state index contributed by atoms with van der Waals surface area (Å²) in [6, 6.07) is -0.889. The Morgan fingerprint density at radius 2 is 0.758 bits per heavy atom. The summed E-state index contributed by atoms with van der Waals surface area (Å²) in [5, 5.41) is 65.2. The van der Waals surface area contributed by atoms with Gasteiger partial charge in [-0.25, -0.2) is 0 Å². The predicted molar refractivity (Wildman–Crippen MR) is 274 cm³/mol. The Balaban J connectivity index is 2.22. The number of hydrogen-bond donors (Lipinski definition) is 7. The second-order valence-corrected chi connectivity index (χ2v) is 20.6. The fraction of sp³-hybridized carbons (Fsp3) is 0.982. The normalized spacial score (nSPS) is 20.2. The molecular weight excluding hydrogens is 831 g/mol. The van der Waals surface area contributed by atoms with Crippen molar-refractivity contribution in [1.82, 2.24) is 5.32 Å². The molecule has 0 bridgehead atoms. The van der Waals surface area contributed by atoms with Crippen molar-refractivity contribution in [3.8, 4) is 0 Å². The van der Waals surface area contributed by atoms with Gasteiger partial charge in [-0.2, -0.15) is 0 Å². The van der Waals surface area contributed by atoms with Crippen LogP contribution in [0.1, 0.15) is 290 Å². The molecule has 394 valence electrons. The molecule has 10 heteroatoms. The number of hydrogen-bond acceptors (Lipinski definition) is 9. The van der Waals surface area contributed by atoms with Crippen molar-refractivity contribution in [2.75, 3.05) is 13.2 Å². The van der Waals surface area contributed by atoms with Crippen molar-refractivity contribution >= 4 is 5.91 Å². The molecule has 1 aliphatic rings. The quantitative estimate of drug-likeness (QED) is 0.0294. The molecule has 1 aliphatic heterocycles. The summed E-state index contributed by atoms with van der Waals surface area (Å²) in [5.74, 6) is -0.576. The summed E-state index contributed by atoms with van der Waals surface area (Å²) in [6.45, 7) is 3.72. The minimum absolute atomic E-state index is 0.249. The second-order valence-electron chi connectivity index (χ2n) is 20.6. The highest BCUT2D eigenvalue weighted by Crippen LogP contribution is 2.23. The summed E-state index contributed by atoms with van der Waals surface area (Å²) < 4.78 is 11.2. The molecular formula is C56H111NO9. The lowest BCUT2D eigenvalue weighted by Crippen LogP contribution is -2.60. The van der Waals surface area contributed by atoms with Crippen LogP contribution in [0.25, 0.3) is 0 Å². The maximum absolute atomic E-state index is 13.1. The van der Waals surface area contributed by atoms with Crippen molar-refractivity contribution in [2.24, 2.45) is 0 Å². The summed E-state index contributed by atoms with van der Waals surface area (Å²) in [7, 11) is 0. The van der Waals surface area contributed by atoms with E-state index in [9.17, 15) is 35.4 Å². The minimum Gasteiger partial charge on any atom is -0.394 e. The van der Waals surface area contributed by atoms with E-state index in [0.717, 1.165) is 38.5 Å². The lowest BCUT2D eigenvalue weighted by atomic mass is 9.99. The van der Waals surface area contributed by atoms with Gasteiger partial charge in [0, 0.05) is 0 Å².